The molecule has 1 aliphatic heterocycles. The molecule has 1 saturated heterocycles. The Hall–Kier alpha value is -2.42. The maximum absolute atomic E-state index is 12.6. The van der Waals surface area contributed by atoms with Gasteiger partial charge in [0.15, 0.2) is 0 Å². The molecule has 0 aliphatic carbocycles. The number of benzene rings is 2. The quantitative estimate of drug-likeness (QED) is 0.694. The highest BCUT2D eigenvalue weighted by Gasteiger charge is 2.22. The van der Waals surface area contributed by atoms with Crippen molar-refractivity contribution in [2.75, 3.05) is 30.9 Å². The van der Waals surface area contributed by atoms with E-state index in [9.17, 15) is 14.1 Å². The second kappa shape index (κ2) is 8.31. The standard InChI is InChI=1S/C18H21N3O4S/c22-17-3-1-2-14(12-17)13-20-8-10-21(11-9-20)18(23)15-4-6-16(7-5-15)19-26(24)25/h1-7,12,19,22H,8-11,13H2,(H,24,25). The van der Waals surface area contributed by atoms with Gasteiger partial charge >= 0.3 is 0 Å². The molecule has 138 valence electrons. The van der Waals surface area contributed by atoms with Crippen LogP contribution in [0.2, 0.25) is 0 Å². The Balaban J connectivity index is 1.54. The van der Waals surface area contributed by atoms with Gasteiger partial charge < -0.3 is 10.0 Å². The van der Waals surface area contributed by atoms with E-state index in [1.165, 1.54) is 0 Å². The number of nitrogens with one attached hydrogen (secondary N) is 1. The van der Waals surface area contributed by atoms with Gasteiger partial charge in [-0.05, 0) is 42.0 Å². The number of piperazine rings is 1. The molecule has 1 heterocycles. The minimum absolute atomic E-state index is 0.0429. The highest BCUT2D eigenvalue weighted by atomic mass is 32.2. The van der Waals surface area contributed by atoms with Crippen LogP contribution in [0, 0.1) is 0 Å². The molecule has 8 heteroatoms. The molecule has 1 atom stereocenters. The molecule has 26 heavy (non-hydrogen) atoms. The lowest BCUT2D eigenvalue weighted by Crippen LogP contribution is -2.48. The summed E-state index contributed by atoms with van der Waals surface area (Å²) in [6, 6.07) is 13.7. The van der Waals surface area contributed by atoms with Gasteiger partial charge in [0.25, 0.3) is 17.2 Å². The van der Waals surface area contributed by atoms with Crippen molar-refractivity contribution in [2.24, 2.45) is 0 Å². The first-order valence-corrected chi connectivity index (χ1v) is 9.39. The topological polar surface area (TPSA) is 93.1 Å². The van der Waals surface area contributed by atoms with E-state index >= 15 is 0 Å². The van der Waals surface area contributed by atoms with E-state index in [2.05, 4.69) is 9.62 Å². The number of anilines is 1. The largest absolute Gasteiger partial charge is 0.508 e. The van der Waals surface area contributed by atoms with Crippen LogP contribution in [0.5, 0.6) is 5.75 Å². The second-order valence-corrected chi connectivity index (χ2v) is 6.87. The van der Waals surface area contributed by atoms with Crippen molar-refractivity contribution in [1.29, 1.82) is 0 Å². The molecule has 3 rings (SSSR count). The molecule has 1 amide bonds. The van der Waals surface area contributed by atoms with E-state index in [1.54, 1.807) is 36.4 Å². The van der Waals surface area contributed by atoms with Crippen molar-refractivity contribution in [3.05, 3.63) is 59.7 Å². The van der Waals surface area contributed by atoms with Gasteiger partial charge in [0.1, 0.15) is 5.75 Å². The molecule has 1 aliphatic rings. The number of rotatable bonds is 5. The summed E-state index contributed by atoms with van der Waals surface area (Å²) in [5.74, 6) is 0.220. The second-order valence-electron chi connectivity index (χ2n) is 6.17. The van der Waals surface area contributed by atoms with Crippen molar-refractivity contribution in [3.8, 4) is 5.75 Å². The van der Waals surface area contributed by atoms with Gasteiger partial charge in [-0.25, -0.2) is 4.21 Å². The Morgan fingerprint density at radius 3 is 2.38 bits per heavy atom. The lowest BCUT2D eigenvalue weighted by molar-refractivity contribution is 0.0628. The lowest BCUT2D eigenvalue weighted by Gasteiger charge is -2.34. The summed E-state index contributed by atoms with van der Waals surface area (Å²) in [6.45, 7) is 3.56. The summed E-state index contributed by atoms with van der Waals surface area (Å²) in [5.41, 5.74) is 2.09. The Kier molecular flexibility index (Phi) is 5.87. The van der Waals surface area contributed by atoms with Crippen LogP contribution in [0.15, 0.2) is 48.5 Å². The van der Waals surface area contributed by atoms with Gasteiger partial charge in [0.2, 0.25) is 0 Å². The number of hydrogen-bond donors (Lipinski definition) is 3. The Bertz CT molecular complexity index is 789. The van der Waals surface area contributed by atoms with E-state index < -0.39 is 11.3 Å². The van der Waals surface area contributed by atoms with Gasteiger partial charge in [-0.2, -0.15) is 0 Å². The molecule has 2 aromatic carbocycles. The minimum Gasteiger partial charge on any atom is -0.508 e. The highest BCUT2D eigenvalue weighted by molar-refractivity contribution is 7.80. The van der Waals surface area contributed by atoms with E-state index in [4.69, 9.17) is 4.55 Å². The lowest BCUT2D eigenvalue weighted by atomic mass is 10.1. The average Bonchev–Trinajstić information content (AvgIpc) is 2.62. The first kappa shape index (κ1) is 18.4. The maximum atomic E-state index is 12.6. The maximum Gasteiger partial charge on any atom is 0.259 e. The number of carbonyl (C=O) groups excluding carboxylic acids is 1. The average molecular weight is 375 g/mol. The molecule has 0 aromatic heterocycles. The Morgan fingerprint density at radius 2 is 1.77 bits per heavy atom. The van der Waals surface area contributed by atoms with Crippen LogP contribution in [0.25, 0.3) is 0 Å². The predicted octanol–water partition coefficient (Wildman–Crippen LogP) is 1.90. The third-order valence-electron chi connectivity index (χ3n) is 4.31. The Morgan fingerprint density at radius 1 is 1.08 bits per heavy atom. The minimum atomic E-state index is -2.13. The number of amides is 1. The number of carbonyl (C=O) groups is 1. The van der Waals surface area contributed by atoms with Gasteiger partial charge in [-0.1, -0.05) is 12.1 Å². The molecule has 1 fully saturated rings. The first-order valence-electron chi connectivity index (χ1n) is 8.28. The fourth-order valence-corrected chi connectivity index (χ4v) is 3.32. The van der Waals surface area contributed by atoms with E-state index in [1.807, 2.05) is 17.0 Å². The van der Waals surface area contributed by atoms with Crippen molar-refractivity contribution in [3.63, 3.8) is 0 Å². The molecular weight excluding hydrogens is 354 g/mol. The molecule has 7 nitrogen and oxygen atoms in total. The number of nitrogens with zero attached hydrogens (tertiary/aromatic N) is 2. The number of phenolic OH excluding ortho intramolecular Hbond substituents is 1. The predicted molar refractivity (Wildman–Crippen MR) is 100 cm³/mol. The van der Waals surface area contributed by atoms with E-state index in [0.717, 1.165) is 25.2 Å². The molecular formula is C18H21N3O4S. The number of phenols is 1. The fourth-order valence-electron chi connectivity index (χ4n) is 2.99. The highest BCUT2D eigenvalue weighted by Crippen LogP contribution is 2.16. The first-order chi connectivity index (χ1) is 12.5. The summed E-state index contributed by atoms with van der Waals surface area (Å²) in [4.78, 5) is 16.7. The van der Waals surface area contributed by atoms with Gasteiger partial charge in [-0.15, -0.1) is 0 Å². The molecule has 0 bridgehead atoms. The van der Waals surface area contributed by atoms with Crippen LogP contribution in [0.1, 0.15) is 15.9 Å². The molecule has 0 spiro atoms. The zero-order valence-corrected chi connectivity index (χ0v) is 15.0. The van der Waals surface area contributed by atoms with E-state index in [-0.39, 0.29) is 11.7 Å². The van der Waals surface area contributed by atoms with Crippen LogP contribution in [-0.4, -0.2) is 55.8 Å². The number of hydrogen-bond acceptors (Lipinski definition) is 4. The van der Waals surface area contributed by atoms with Crippen LogP contribution in [-0.2, 0) is 17.8 Å². The van der Waals surface area contributed by atoms with Crippen LogP contribution < -0.4 is 4.72 Å². The van der Waals surface area contributed by atoms with E-state index in [0.29, 0.717) is 24.3 Å². The number of aromatic hydroxyl groups is 1. The third-order valence-corrected chi connectivity index (χ3v) is 4.72. The zero-order chi connectivity index (χ0) is 18.5. The van der Waals surface area contributed by atoms with Crippen LogP contribution in [0.4, 0.5) is 5.69 Å². The summed E-state index contributed by atoms with van der Waals surface area (Å²) in [5, 5.41) is 9.54. The van der Waals surface area contributed by atoms with Crippen molar-refractivity contribution in [2.45, 2.75) is 6.54 Å². The van der Waals surface area contributed by atoms with Crippen molar-refractivity contribution in [1.82, 2.24) is 9.80 Å². The molecule has 0 radical (unpaired) electrons. The Labute approximate surface area is 154 Å². The monoisotopic (exact) mass is 375 g/mol. The third kappa shape index (κ3) is 4.81. The summed E-state index contributed by atoms with van der Waals surface area (Å²) in [6.07, 6.45) is 0. The van der Waals surface area contributed by atoms with Crippen LogP contribution >= 0.6 is 0 Å². The van der Waals surface area contributed by atoms with Gasteiger partial charge in [-0.3, -0.25) is 19.0 Å². The zero-order valence-electron chi connectivity index (χ0n) is 14.2. The summed E-state index contributed by atoms with van der Waals surface area (Å²) in [7, 11) is 0. The SMILES string of the molecule is O=C(c1ccc(NS(=O)O)cc1)N1CCN(Cc2cccc(O)c2)CC1. The van der Waals surface area contributed by atoms with Crippen molar-refractivity contribution < 1.29 is 18.7 Å². The van der Waals surface area contributed by atoms with Gasteiger partial charge in [0.05, 0.1) is 0 Å². The normalized spacial score (nSPS) is 16.3. The molecule has 0 saturated carbocycles. The molecule has 3 N–H and O–H groups in total. The molecule has 1 unspecified atom stereocenters. The van der Waals surface area contributed by atoms with Crippen LogP contribution in [0.3, 0.4) is 0 Å². The summed E-state index contributed by atoms with van der Waals surface area (Å²) < 4.78 is 21.9. The smallest absolute Gasteiger partial charge is 0.259 e. The summed E-state index contributed by atoms with van der Waals surface area (Å²) >= 11 is -2.13. The molecule has 2 aromatic rings. The van der Waals surface area contributed by atoms with Gasteiger partial charge in [0, 0.05) is 44.0 Å². The fraction of sp³-hybridized carbons (Fsp3) is 0.278. The van der Waals surface area contributed by atoms with Crippen molar-refractivity contribution >= 4 is 22.9 Å².